The van der Waals surface area contributed by atoms with Gasteiger partial charge in [-0.05, 0) is 42.9 Å². The average molecular weight is 295 g/mol. The van der Waals surface area contributed by atoms with Crippen molar-refractivity contribution in [2.75, 3.05) is 20.3 Å². The molecule has 0 heterocycles. The van der Waals surface area contributed by atoms with Gasteiger partial charge in [-0.25, -0.2) is 0 Å². The fraction of sp³-hybridized carbons (Fsp3) is 0.625. The maximum absolute atomic E-state index is 10.4. The van der Waals surface area contributed by atoms with E-state index in [1.54, 1.807) is 19.2 Å². The highest BCUT2D eigenvalue weighted by Crippen LogP contribution is 2.37. The van der Waals surface area contributed by atoms with Gasteiger partial charge in [-0.15, -0.1) is 0 Å². The first-order chi connectivity index (χ1) is 10.1. The first-order valence-corrected chi connectivity index (χ1v) is 7.46. The van der Waals surface area contributed by atoms with E-state index in [0.717, 1.165) is 31.2 Å². The quantitative estimate of drug-likeness (QED) is 0.709. The third-order valence-corrected chi connectivity index (χ3v) is 4.41. The first kappa shape index (κ1) is 16.1. The molecule has 1 saturated carbocycles. The smallest absolute Gasteiger partial charge is 0.161 e. The summed E-state index contributed by atoms with van der Waals surface area (Å²) in [4.78, 5) is 0. The molecule has 0 aliphatic heterocycles. The predicted molar refractivity (Wildman–Crippen MR) is 80.4 cm³/mol. The Kier molecular flexibility index (Phi) is 5.45. The van der Waals surface area contributed by atoms with Crippen LogP contribution in [-0.4, -0.2) is 36.1 Å². The van der Waals surface area contributed by atoms with Gasteiger partial charge in [-0.1, -0.05) is 12.5 Å². The van der Waals surface area contributed by atoms with Gasteiger partial charge in [0.2, 0.25) is 0 Å². The largest absolute Gasteiger partial charge is 0.493 e. The summed E-state index contributed by atoms with van der Waals surface area (Å²) in [5.74, 6) is 1.47. The molecule has 2 unspecified atom stereocenters. The van der Waals surface area contributed by atoms with Crippen molar-refractivity contribution in [1.29, 1.82) is 0 Å². The van der Waals surface area contributed by atoms with Crippen molar-refractivity contribution in [2.24, 2.45) is 11.7 Å². The van der Waals surface area contributed by atoms with Crippen molar-refractivity contribution >= 4 is 0 Å². The van der Waals surface area contributed by atoms with Gasteiger partial charge >= 0.3 is 0 Å². The molecule has 118 valence electrons. The fourth-order valence-corrected chi connectivity index (χ4v) is 3.05. The second-order valence-corrected chi connectivity index (χ2v) is 5.68. The molecule has 1 fully saturated rings. The van der Waals surface area contributed by atoms with E-state index >= 15 is 0 Å². The molecule has 5 heteroatoms. The van der Waals surface area contributed by atoms with Crippen molar-refractivity contribution in [3.63, 3.8) is 0 Å². The van der Waals surface area contributed by atoms with Gasteiger partial charge in [0.05, 0.1) is 25.9 Å². The molecule has 4 N–H and O–H groups in total. The van der Waals surface area contributed by atoms with Gasteiger partial charge in [0, 0.05) is 6.54 Å². The lowest BCUT2D eigenvalue weighted by Crippen LogP contribution is -2.41. The van der Waals surface area contributed by atoms with E-state index in [1.807, 2.05) is 6.07 Å². The van der Waals surface area contributed by atoms with E-state index in [2.05, 4.69) is 0 Å². The summed E-state index contributed by atoms with van der Waals surface area (Å²) < 4.78 is 11.0. The second kappa shape index (κ2) is 7.11. The summed E-state index contributed by atoms with van der Waals surface area (Å²) >= 11 is 0. The lowest BCUT2D eigenvalue weighted by atomic mass is 9.88. The summed E-state index contributed by atoms with van der Waals surface area (Å²) in [6.45, 7) is 0.802. The highest BCUT2D eigenvalue weighted by atomic mass is 16.5. The molecule has 0 aromatic heterocycles. The molecule has 0 radical (unpaired) electrons. The van der Waals surface area contributed by atoms with E-state index in [4.69, 9.17) is 20.3 Å². The van der Waals surface area contributed by atoms with E-state index < -0.39 is 5.60 Å². The van der Waals surface area contributed by atoms with Crippen molar-refractivity contribution in [3.8, 4) is 11.5 Å². The number of aliphatic hydroxyl groups is 2. The molecule has 5 nitrogen and oxygen atoms in total. The Morgan fingerprint density at radius 1 is 1.38 bits per heavy atom. The van der Waals surface area contributed by atoms with Crippen molar-refractivity contribution in [1.82, 2.24) is 0 Å². The Labute approximate surface area is 125 Å². The molecule has 2 atom stereocenters. The molecule has 0 amide bonds. The van der Waals surface area contributed by atoms with Crippen LogP contribution in [0.4, 0.5) is 0 Å². The molecule has 1 aromatic carbocycles. The highest BCUT2D eigenvalue weighted by molar-refractivity contribution is 5.42. The Morgan fingerprint density at radius 3 is 2.86 bits per heavy atom. The Bertz CT molecular complexity index is 466. The van der Waals surface area contributed by atoms with Gasteiger partial charge < -0.3 is 25.4 Å². The average Bonchev–Trinajstić information content (AvgIpc) is 2.89. The van der Waals surface area contributed by atoms with Crippen LogP contribution in [0, 0.1) is 5.92 Å². The molecule has 1 aliphatic carbocycles. The van der Waals surface area contributed by atoms with Gasteiger partial charge in [0.25, 0.3) is 0 Å². The molecular weight excluding hydrogens is 270 g/mol. The van der Waals surface area contributed by atoms with Crippen LogP contribution in [0.2, 0.25) is 0 Å². The SMILES string of the molecule is COc1cc(CO)ccc1OCCC1CCCC1(O)CN. The fourth-order valence-electron chi connectivity index (χ4n) is 3.05. The van der Waals surface area contributed by atoms with E-state index in [-0.39, 0.29) is 12.5 Å². The molecule has 0 saturated heterocycles. The minimum atomic E-state index is -0.728. The zero-order chi connectivity index (χ0) is 15.3. The van der Waals surface area contributed by atoms with Crippen molar-refractivity contribution < 1.29 is 19.7 Å². The number of aliphatic hydroxyl groups excluding tert-OH is 1. The Morgan fingerprint density at radius 2 is 2.19 bits per heavy atom. The topological polar surface area (TPSA) is 84.9 Å². The van der Waals surface area contributed by atoms with Gasteiger partial charge in [0.1, 0.15) is 0 Å². The normalized spacial score (nSPS) is 25.0. The van der Waals surface area contributed by atoms with Crippen LogP contribution in [-0.2, 0) is 6.61 Å². The van der Waals surface area contributed by atoms with E-state index in [0.29, 0.717) is 24.7 Å². The molecular formula is C16H25NO4. The number of nitrogens with two attached hydrogens (primary N) is 1. The van der Waals surface area contributed by atoms with Gasteiger partial charge in [-0.3, -0.25) is 0 Å². The van der Waals surface area contributed by atoms with Crippen LogP contribution in [0.5, 0.6) is 11.5 Å². The van der Waals surface area contributed by atoms with Crippen molar-refractivity contribution in [2.45, 2.75) is 37.9 Å². The summed E-state index contributed by atoms with van der Waals surface area (Å²) in [6.07, 6.45) is 3.58. The van der Waals surface area contributed by atoms with Crippen LogP contribution in [0.1, 0.15) is 31.2 Å². The molecule has 0 spiro atoms. The monoisotopic (exact) mass is 295 g/mol. The first-order valence-electron chi connectivity index (χ1n) is 7.46. The van der Waals surface area contributed by atoms with Crippen LogP contribution in [0.3, 0.4) is 0 Å². The predicted octanol–water partition coefficient (Wildman–Crippen LogP) is 1.45. The number of rotatable bonds is 7. The molecule has 1 aliphatic rings. The zero-order valence-corrected chi connectivity index (χ0v) is 12.5. The molecule has 2 rings (SSSR count). The van der Waals surface area contributed by atoms with Gasteiger partial charge in [0.15, 0.2) is 11.5 Å². The zero-order valence-electron chi connectivity index (χ0n) is 12.5. The minimum Gasteiger partial charge on any atom is -0.493 e. The maximum Gasteiger partial charge on any atom is 0.161 e. The number of benzene rings is 1. The summed E-state index contributed by atoms with van der Waals surface area (Å²) in [5, 5.41) is 19.5. The van der Waals surface area contributed by atoms with Gasteiger partial charge in [-0.2, -0.15) is 0 Å². The second-order valence-electron chi connectivity index (χ2n) is 5.68. The Balaban J connectivity index is 1.91. The summed E-state index contributed by atoms with van der Waals surface area (Å²) in [6, 6.07) is 5.37. The molecule has 21 heavy (non-hydrogen) atoms. The standard InChI is InChI=1S/C16H25NO4/c1-20-15-9-12(10-18)4-5-14(15)21-8-6-13-3-2-7-16(13,19)11-17/h4-5,9,13,18-19H,2-3,6-8,10-11,17H2,1H3. The highest BCUT2D eigenvalue weighted by Gasteiger charge is 2.39. The number of hydrogen-bond acceptors (Lipinski definition) is 5. The number of methoxy groups -OCH3 is 1. The van der Waals surface area contributed by atoms with Crippen LogP contribution < -0.4 is 15.2 Å². The van der Waals surface area contributed by atoms with Crippen LogP contribution >= 0.6 is 0 Å². The van der Waals surface area contributed by atoms with E-state index in [9.17, 15) is 5.11 Å². The third-order valence-electron chi connectivity index (χ3n) is 4.41. The van der Waals surface area contributed by atoms with Crippen LogP contribution in [0.25, 0.3) is 0 Å². The van der Waals surface area contributed by atoms with Crippen molar-refractivity contribution in [3.05, 3.63) is 23.8 Å². The molecule has 0 bridgehead atoms. The minimum absolute atomic E-state index is 0.0255. The lowest BCUT2D eigenvalue weighted by Gasteiger charge is -2.28. The summed E-state index contributed by atoms with van der Waals surface area (Å²) in [5.41, 5.74) is 5.74. The number of ether oxygens (including phenoxy) is 2. The maximum atomic E-state index is 10.4. The Hall–Kier alpha value is -1.30. The van der Waals surface area contributed by atoms with E-state index in [1.165, 1.54) is 0 Å². The summed E-state index contributed by atoms with van der Waals surface area (Å²) in [7, 11) is 1.58. The van der Waals surface area contributed by atoms with Crippen LogP contribution in [0.15, 0.2) is 18.2 Å². The number of hydrogen-bond donors (Lipinski definition) is 3. The lowest BCUT2D eigenvalue weighted by molar-refractivity contribution is 0.00346. The third kappa shape index (κ3) is 3.67. The molecule has 1 aromatic rings.